The van der Waals surface area contributed by atoms with Crippen molar-refractivity contribution < 1.29 is 0 Å². The summed E-state index contributed by atoms with van der Waals surface area (Å²) < 4.78 is 1.18. The molecule has 0 aromatic carbocycles. The Balaban J connectivity index is 3.58. The highest BCUT2D eigenvalue weighted by atomic mass is 16.2. The molecule has 0 aliphatic carbocycles. The Bertz CT molecular complexity index is 388. The van der Waals surface area contributed by atoms with Crippen LogP contribution >= 0.6 is 0 Å². The first kappa shape index (κ1) is 8.26. The van der Waals surface area contributed by atoms with Crippen LogP contribution in [0.4, 0.5) is 0 Å². The second-order valence-corrected chi connectivity index (χ2v) is 2.14. The summed E-state index contributed by atoms with van der Waals surface area (Å²) in [5.41, 5.74) is -0.594. The van der Waals surface area contributed by atoms with Crippen LogP contribution in [0.15, 0.2) is 28.9 Å². The summed E-state index contributed by atoms with van der Waals surface area (Å²) in [5.74, 6) is 0. The summed E-state index contributed by atoms with van der Waals surface area (Å²) in [7, 11) is 0. The standard InChI is InChI=1S/C8H8N2O2/c1-3-6-5-10(4-2)8(12)9-7(6)11/h3-5H,1-2H2,(H,9,11,12). The largest absolute Gasteiger partial charge is 0.332 e. The van der Waals surface area contributed by atoms with Gasteiger partial charge < -0.3 is 0 Å². The number of aromatic nitrogens is 2. The summed E-state index contributed by atoms with van der Waals surface area (Å²) in [5, 5.41) is 0. The molecule has 0 unspecified atom stereocenters. The van der Waals surface area contributed by atoms with E-state index in [-0.39, 0.29) is 0 Å². The molecule has 1 heterocycles. The van der Waals surface area contributed by atoms with Crippen LogP contribution in [0, 0.1) is 0 Å². The van der Waals surface area contributed by atoms with E-state index in [1.165, 1.54) is 23.0 Å². The zero-order chi connectivity index (χ0) is 9.14. The zero-order valence-electron chi connectivity index (χ0n) is 6.41. The van der Waals surface area contributed by atoms with E-state index in [1.54, 1.807) is 0 Å². The van der Waals surface area contributed by atoms with Crippen LogP contribution in [0.25, 0.3) is 12.3 Å². The molecule has 0 spiro atoms. The SMILES string of the molecule is C=Cc1cn(C=C)c(=O)[nH]c1=O. The molecule has 0 amide bonds. The van der Waals surface area contributed by atoms with Gasteiger partial charge in [0.1, 0.15) is 0 Å². The van der Waals surface area contributed by atoms with Crippen molar-refractivity contribution in [2.45, 2.75) is 0 Å². The van der Waals surface area contributed by atoms with Crippen LogP contribution in [0.3, 0.4) is 0 Å². The third-order valence-electron chi connectivity index (χ3n) is 1.41. The minimum Gasteiger partial charge on any atom is -0.276 e. The average Bonchev–Trinajstić information content (AvgIpc) is 2.05. The highest BCUT2D eigenvalue weighted by molar-refractivity contribution is 5.44. The lowest BCUT2D eigenvalue weighted by Crippen LogP contribution is -2.28. The molecule has 1 rings (SSSR count). The highest BCUT2D eigenvalue weighted by Gasteiger charge is 1.97. The lowest BCUT2D eigenvalue weighted by atomic mass is 10.3. The second-order valence-electron chi connectivity index (χ2n) is 2.14. The summed E-state index contributed by atoms with van der Waals surface area (Å²) in [6, 6.07) is 0. The molecule has 1 N–H and O–H groups in total. The Labute approximate surface area is 68.5 Å². The van der Waals surface area contributed by atoms with Gasteiger partial charge in [0.05, 0.1) is 5.56 Å². The highest BCUT2D eigenvalue weighted by Crippen LogP contribution is 1.88. The van der Waals surface area contributed by atoms with Gasteiger partial charge in [0.25, 0.3) is 5.56 Å². The average molecular weight is 164 g/mol. The van der Waals surface area contributed by atoms with Crippen molar-refractivity contribution in [3.05, 3.63) is 45.8 Å². The van der Waals surface area contributed by atoms with E-state index < -0.39 is 11.2 Å². The number of rotatable bonds is 2. The van der Waals surface area contributed by atoms with E-state index in [0.29, 0.717) is 5.56 Å². The van der Waals surface area contributed by atoms with Gasteiger partial charge >= 0.3 is 5.69 Å². The third-order valence-corrected chi connectivity index (χ3v) is 1.41. The molecule has 0 aliphatic heterocycles. The maximum absolute atomic E-state index is 11.0. The van der Waals surface area contributed by atoms with Crippen LogP contribution in [0.1, 0.15) is 5.56 Å². The zero-order valence-corrected chi connectivity index (χ0v) is 6.41. The van der Waals surface area contributed by atoms with Crippen LogP contribution < -0.4 is 11.2 Å². The van der Waals surface area contributed by atoms with E-state index in [1.807, 2.05) is 0 Å². The predicted molar refractivity (Wildman–Crippen MR) is 47.8 cm³/mol. The molecule has 0 bridgehead atoms. The molecule has 62 valence electrons. The molecule has 0 fully saturated rings. The quantitative estimate of drug-likeness (QED) is 0.682. The molecule has 4 heteroatoms. The maximum Gasteiger partial charge on any atom is 0.332 e. The van der Waals surface area contributed by atoms with Crippen molar-refractivity contribution >= 4 is 12.3 Å². The molecule has 0 aliphatic rings. The molecular formula is C8H8N2O2. The van der Waals surface area contributed by atoms with E-state index in [9.17, 15) is 9.59 Å². The fourth-order valence-corrected chi connectivity index (χ4v) is 0.782. The van der Waals surface area contributed by atoms with Crippen molar-refractivity contribution in [2.75, 3.05) is 0 Å². The maximum atomic E-state index is 11.0. The minimum atomic E-state index is -0.499. The van der Waals surface area contributed by atoms with E-state index in [2.05, 4.69) is 18.1 Å². The summed E-state index contributed by atoms with van der Waals surface area (Å²) in [4.78, 5) is 24.0. The van der Waals surface area contributed by atoms with Crippen molar-refractivity contribution in [1.29, 1.82) is 0 Å². The van der Waals surface area contributed by atoms with Crippen LogP contribution in [-0.2, 0) is 0 Å². The number of hydrogen-bond acceptors (Lipinski definition) is 2. The van der Waals surface area contributed by atoms with Crippen LogP contribution in [-0.4, -0.2) is 9.55 Å². The van der Waals surface area contributed by atoms with Crippen molar-refractivity contribution in [3.8, 4) is 0 Å². The smallest absolute Gasteiger partial charge is 0.276 e. The monoisotopic (exact) mass is 164 g/mol. The van der Waals surface area contributed by atoms with Gasteiger partial charge in [-0.15, -0.1) is 0 Å². The Morgan fingerprint density at radius 2 is 2.08 bits per heavy atom. The Kier molecular flexibility index (Phi) is 2.09. The van der Waals surface area contributed by atoms with Gasteiger partial charge in [-0.05, 0) is 0 Å². The molecule has 1 aromatic heterocycles. The molecule has 0 saturated heterocycles. The number of nitrogens with one attached hydrogen (secondary N) is 1. The Hall–Kier alpha value is -1.84. The topological polar surface area (TPSA) is 54.9 Å². The van der Waals surface area contributed by atoms with Gasteiger partial charge in [0.15, 0.2) is 0 Å². The van der Waals surface area contributed by atoms with E-state index in [4.69, 9.17) is 0 Å². The number of nitrogens with zero attached hydrogens (tertiary/aromatic N) is 1. The molecule has 12 heavy (non-hydrogen) atoms. The predicted octanol–water partition coefficient (Wildman–Crippen LogP) is 0.280. The number of H-pyrrole nitrogens is 1. The normalized spacial score (nSPS) is 9.33. The number of aromatic amines is 1. The van der Waals surface area contributed by atoms with Crippen molar-refractivity contribution in [3.63, 3.8) is 0 Å². The third kappa shape index (κ3) is 1.27. The van der Waals surface area contributed by atoms with Gasteiger partial charge in [0, 0.05) is 12.4 Å². The minimum absolute atomic E-state index is 0.342. The molecular weight excluding hydrogens is 156 g/mol. The molecule has 1 aromatic rings. The Morgan fingerprint density at radius 3 is 2.58 bits per heavy atom. The number of hydrogen-bond donors (Lipinski definition) is 1. The van der Waals surface area contributed by atoms with Gasteiger partial charge in [-0.2, -0.15) is 0 Å². The summed E-state index contributed by atoms with van der Waals surface area (Å²) in [6.45, 7) is 6.83. The Morgan fingerprint density at radius 1 is 1.42 bits per heavy atom. The van der Waals surface area contributed by atoms with Crippen molar-refractivity contribution in [1.82, 2.24) is 9.55 Å². The van der Waals surface area contributed by atoms with Gasteiger partial charge in [-0.1, -0.05) is 19.2 Å². The fraction of sp³-hybridized carbons (Fsp3) is 0. The lowest BCUT2D eigenvalue weighted by molar-refractivity contribution is 0.934. The first-order valence-corrected chi connectivity index (χ1v) is 3.29. The second kappa shape index (κ2) is 3.04. The summed E-state index contributed by atoms with van der Waals surface area (Å²) in [6.07, 6.45) is 4.06. The van der Waals surface area contributed by atoms with Crippen LogP contribution in [0.2, 0.25) is 0 Å². The first-order chi connectivity index (χ1) is 5.69. The van der Waals surface area contributed by atoms with Gasteiger partial charge in [-0.3, -0.25) is 14.3 Å². The fourth-order valence-electron chi connectivity index (χ4n) is 0.782. The van der Waals surface area contributed by atoms with Crippen molar-refractivity contribution in [2.24, 2.45) is 0 Å². The molecule has 4 nitrogen and oxygen atoms in total. The van der Waals surface area contributed by atoms with Gasteiger partial charge in [0.2, 0.25) is 0 Å². The molecule has 0 saturated carbocycles. The van der Waals surface area contributed by atoms with E-state index in [0.717, 1.165) is 0 Å². The molecule has 0 radical (unpaired) electrons. The van der Waals surface area contributed by atoms with Crippen LogP contribution in [0.5, 0.6) is 0 Å². The lowest BCUT2D eigenvalue weighted by Gasteiger charge is -1.96. The van der Waals surface area contributed by atoms with Gasteiger partial charge in [-0.25, -0.2) is 4.79 Å². The first-order valence-electron chi connectivity index (χ1n) is 3.29. The summed E-state index contributed by atoms with van der Waals surface area (Å²) >= 11 is 0. The molecule has 0 atom stereocenters. The van der Waals surface area contributed by atoms with E-state index >= 15 is 0 Å².